The molecular formula is C24H23FN2O3. The van der Waals surface area contributed by atoms with Gasteiger partial charge in [-0.05, 0) is 48.9 Å². The summed E-state index contributed by atoms with van der Waals surface area (Å²) in [6, 6.07) is 20.2. The van der Waals surface area contributed by atoms with E-state index in [4.69, 9.17) is 4.74 Å². The van der Waals surface area contributed by atoms with E-state index in [9.17, 15) is 14.0 Å². The number of amides is 2. The van der Waals surface area contributed by atoms with Crippen molar-refractivity contribution in [2.75, 3.05) is 18.9 Å². The Bertz CT molecular complexity index is 1020. The first-order valence-corrected chi connectivity index (χ1v) is 9.50. The fourth-order valence-corrected chi connectivity index (χ4v) is 2.84. The van der Waals surface area contributed by atoms with Gasteiger partial charge >= 0.3 is 0 Å². The number of anilines is 1. The van der Waals surface area contributed by atoms with Crippen molar-refractivity contribution in [1.82, 2.24) is 4.90 Å². The number of nitrogens with one attached hydrogen (secondary N) is 1. The summed E-state index contributed by atoms with van der Waals surface area (Å²) in [7, 11) is 1.56. The third-order valence-electron chi connectivity index (χ3n) is 4.49. The maximum atomic E-state index is 13.0. The Morgan fingerprint density at radius 1 is 0.967 bits per heavy atom. The molecule has 0 saturated heterocycles. The zero-order valence-electron chi connectivity index (χ0n) is 16.9. The smallest absolute Gasteiger partial charge is 0.257 e. The van der Waals surface area contributed by atoms with Gasteiger partial charge in [0.2, 0.25) is 5.91 Å². The van der Waals surface area contributed by atoms with Crippen LogP contribution in [0.25, 0.3) is 0 Å². The van der Waals surface area contributed by atoms with Gasteiger partial charge in [0.15, 0.2) is 0 Å². The lowest BCUT2D eigenvalue weighted by molar-refractivity contribution is -0.116. The van der Waals surface area contributed by atoms with Crippen molar-refractivity contribution >= 4 is 17.5 Å². The number of hydrogen-bond donors (Lipinski definition) is 1. The maximum Gasteiger partial charge on any atom is 0.257 e. The highest BCUT2D eigenvalue weighted by Crippen LogP contribution is 2.21. The molecule has 0 spiro atoms. The van der Waals surface area contributed by atoms with Crippen LogP contribution in [-0.4, -0.2) is 30.3 Å². The topological polar surface area (TPSA) is 58.6 Å². The van der Waals surface area contributed by atoms with E-state index < -0.39 is 0 Å². The van der Waals surface area contributed by atoms with Crippen LogP contribution in [-0.2, 0) is 11.4 Å². The van der Waals surface area contributed by atoms with Gasteiger partial charge in [0.05, 0.1) is 12.1 Å². The second kappa shape index (κ2) is 9.69. The van der Waals surface area contributed by atoms with E-state index in [1.807, 2.05) is 31.2 Å². The van der Waals surface area contributed by atoms with E-state index >= 15 is 0 Å². The number of halogens is 1. The molecule has 0 radical (unpaired) electrons. The SMILES string of the molecule is Cc1ccc(NC(=O)CN(C)C(=O)c2ccccc2OCc2ccc(F)cc2)cc1. The zero-order chi connectivity index (χ0) is 21.5. The van der Waals surface area contributed by atoms with Crippen LogP contribution >= 0.6 is 0 Å². The summed E-state index contributed by atoms with van der Waals surface area (Å²) < 4.78 is 18.8. The number of likely N-dealkylation sites (N-methyl/N-ethyl adjacent to an activating group) is 1. The lowest BCUT2D eigenvalue weighted by Gasteiger charge is -2.19. The number of hydrogen-bond acceptors (Lipinski definition) is 3. The lowest BCUT2D eigenvalue weighted by atomic mass is 10.1. The first-order chi connectivity index (χ1) is 14.4. The third kappa shape index (κ3) is 5.67. The second-order valence-electron chi connectivity index (χ2n) is 6.99. The van der Waals surface area contributed by atoms with Crippen molar-refractivity contribution in [3.05, 3.63) is 95.3 Å². The van der Waals surface area contributed by atoms with Gasteiger partial charge in [-0.15, -0.1) is 0 Å². The zero-order valence-corrected chi connectivity index (χ0v) is 16.9. The Hall–Kier alpha value is -3.67. The summed E-state index contributed by atoms with van der Waals surface area (Å²) >= 11 is 0. The predicted octanol–water partition coefficient (Wildman–Crippen LogP) is 4.42. The predicted molar refractivity (Wildman–Crippen MR) is 114 cm³/mol. The first kappa shape index (κ1) is 21.0. The molecule has 3 aromatic carbocycles. The first-order valence-electron chi connectivity index (χ1n) is 9.50. The summed E-state index contributed by atoms with van der Waals surface area (Å²) in [4.78, 5) is 26.5. The number of ether oxygens (including phenoxy) is 1. The van der Waals surface area contributed by atoms with Crippen LogP contribution in [0.1, 0.15) is 21.5 Å². The number of aryl methyl sites for hydroxylation is 1. The average molecular weight is 406 g/mol. The highest BCUT2D eigenvalue weighted by atomic mass is 19.1. The number of para-hydroxylation sites is 1. The largest absolute Gasteiger partial charge is 0.488 e. The molecule has 0 bridgehead atoms. The Balaban J connectivity index is 1.63. The molecule has 3 rings (SSSR count). The molecule has 0 aromatic heterocycles. The van der Waals surface area contributed by atoms with E-state index in [0.29, 0.717) is 17.0 Å². The van der Waals surface area contributed by atoms with Gasteiger partial charge in [-0.25, -0.2) is 4.39 Å². The molecule has 30 heavy (non-hydrogen) atoms. The number of carbonyl (C=O) groups excluding carboxylic acids is 2. The molecular weight excluding hydrogens is 383 g/mol. The van der Waals surface area contributed by atoms with Gasteiger partial charge in [0.1, 0.15) is 18.2 Å². The van der Waals surface area contributed by atoms with E-state index in [1.165, 1.54) is 17.0 Å². The molecule has 0 unspecified atom stereocenters. The Morgan fingerprint density at radius 3 is 2.33 bits per heavy atom. The van der Waals surface area contributed by atoms with Gasteiger partial charge in [0, 0.05) is 12.7 Å². The molecule has 0 heterocycles. The molecule has 5 nitrogen and oxygen atoms in total. The minimum Gasteiger partial charge on any atom is -0.488 e. The van der Waals surface area contributed by atoms with Crippen LogP contribution in [0.4, 0.5) is 10.1 Å². The lowest BCUT2D eigenvalue weighted by Crippen LogP contribution is -2.35. The molecule has 154 valence electrons. The van der Waals surface area contributed by atoms with Gasteiger partial charge in [-0.2, -0.15) is 0 Å². The molecule has 6 heteroatoms. The van der Waals surface area contributed by atoms with Gasteiger partial charge in [-0.3, -0.25) is 9.59 Å². The minimum absolute atomic E-state index is 0.0982. The minimum atomic E-state index is -0.330. The van der Waals surface area contributed by atoms with Gasteiger partial charge < -0.3 is 15.0 Å². The summed E-state index contributed by atoms with van der Waals surface area (Å²) in [6.45, 7) is 2.06. The fourth-order valence-electron chi connectivity index (χ4n) is 2.84. The van der Waals surface area contributed by atoms with Crippen LogP contribution in [0.3, 0.4) is 0 Å². The van der Waals surface area contributed by atoms with Crippen LogP contribution in [0.2, 0.25) is 0 Å². The normalized spacial score (nSPS) is 10.4. The van der Waals surface area contributed by atoms with Crippen molar-refractivity contribution in [2.45, 2.75) is 13.5 Å². The van der Waals surface area contributed by atoms with E-state index in [2.05, 4.69) is 5.32 Å². The van der Waals surface area contributed by atoms with Crippen LogP contribution in [0.15, 0.2) is 72.8 Å². The molecule has 1 N–H and O–H groups in total. The summed E-state index contributed by atoms with van der Waals surface area (Å²) in [5.41, 5.74) is 2.90. The quantitative estimate of drug-likeness (QED) is 0.632. The summed E-state index contributed by atoms with van der Waals surface area (Å²) in [5.74, 6) is -0.541. The van der Waals surface area contributed by atoms with Crippen molar-refractivity contribution in [3.63, 3.8) is 0 Å². The number of rotatable bonds is 7. The van der Waals surface area contributed by atoms with E-state index in [1.54, 1.807) is 43.4 Å². The Labute approximate surface area is 175 Å². The maximum absolute atomic E-state index is 13.0. The van der Waals surface area contributed by atoms with Crippen LogP contribution in [0, 0.1) is 12.7 Å². The highest BCUT2D eigenvalue weighted by Gasteiger charge is 2.19. The third-order valence-corrected chi connectivity index (χ3v) is 4.49. The standard InChI is InChI=1S/C24H23FN2O3/c1-17-7-13-20(14-8-17)26-23(28)15-27(2)24(29)21-5-3-4-6-22(21)30-16-18-9-11-19(25)12-10-18/h3-14H,15-16H2,1-2H3,(H,26,28). The van der Waals surface area contributed by atoms with E-state index in [0.717, 1.165) is 11.1 Å². The van der Waals surface area contributed by atoms with Crippen LogP contribution < -0.4 is 10.1 Å². The molecule has 0 aliphatic carbocycles. The molecule has 0 aliphatic heterocycles. The van der Waals surface area contributed by atoms with Gasteiger partial charge in [-0.1, -0.05) is 42.0 Å². The number of benzene rings is 3. The Morgan fingerprint density at radius 2 is 1.63 bits per heavy atom. The van der Waals surface area contributed by atoms with Crippen molar-refractivity contribution in [3.8, 4) is 5.75 Å². The van der Waals surface area contributed by atoms with Crippen molar-refractivity contribution in [1.29, 1.82) is 0 Å². The number of carbonyl (C=O) groups is 2. The molecule has 0 saturated carbocycles. The monoisotopic (exact) mass is 406 g/mol. The summed E-state index contributed by atoms with van der Waals surface area (Å²) in [5, 5.41) is 2.78. The number of nitrogens with zero attached hydrogens (tertiary/aromatic N) is 1. The molecule has 0 atom stereocenters. The van der Waals surface area contributed by atoms with Crippen LogP contribution in [0.5, 0.6) is 5.75 Å². The van der Waals surface area contributed by atoms with Crippen molar-refractivity contribution in [2.24, 2.45) is 0 Å². The Kier molecular flexibility index (Phi) is 6.80. The van der Waals surface area contributed by atoms with Gasteiger partial charge in [0.25, 0.3) is 5.91 Å². The summed E-state index contributed by atoms with van der Waals surface area (Å²) in [6.07, 6.45) is 0. The molecule has 2 amide bonds. The molecule has 0 aliphatic rings. The molecule has 3 aromatic rings. The highest BCUT2D eigenvalue weighted by molar-refractivity contribution is 6.00. The molecule has 0 fully saturated rings. The fraction of sp³-hybridized carbons (Fsp3) is 0.167. The average Bonchev–Trinajstić information content (AvgIpc) is 2.74. The van der Waals surface area contributed by atoms with E-state index in [-0.39, 0.29) is 30.8 Å². The second-order valence-corrected chi connectivity index (χ2v) is 6.99. The van der Waals surface area contributed by atoms with Crippen molar-refractivity contribution < 1.29 is 18.7 Å².